The minimum Gasteiger partial charge on any atom is -0.356 e. The molecule has 21 heavy (non-hydrogen) atoms. The predicted molar refractivity (Wildman–Crippen MR) is 89.4 cm³/mol. The molecule has 1 saturated heterocycles. The van der Waals surface area contributed by atoms with Crippen LogP contribution >= 0.6 is 0 Å². The summed E-state index contributed by atoms with van der Waals surface area (Å²) in [6.45, 7) is 9.69. The number of nitrogens with two attached hydrogens (primary N) is 1. The van der Waals surface area contributed by atoms with Crippen molar-refractivity contribution in [1.82, 2.24) is 4.98 Å². The van der Waals surface area contributed by atoms with Crippen molar-refractivity contribution in [1.29, 1.82) is 0 Å². The molecule has 0 aliphatic carbocycles. The van der Waals surface area contributed by atoms with Gasteiger partial charge < -0.3 is 10.6 Å². The second kappa shape index (κ2) is 5.30. The molecule has 3 nitrogen and oxygen atoms in total. The highest BCUT2D eigenvalue weighted by Gasteiger charge is 2.32. The number of nitrogens with zero attached hydrogens (tertiary/aromatic N) is 2. The fraction of sp³-hybridized carbons (Fsp3) is 0.500. The van der Waals surface area contributed by atoms with Crippen molar-refractivity contribution in [2.45, 2.75) is 33.7 Å². The molecule has 1 fully saturated rings. The number of hydrogen-bond acceptors (Lipinski definition) is 3. The van der Waals surface area contributed by atoms with Gasteiger partial charge in [0.1, 0.15) is 5.82 Å². The fourth-order valence-corrected chi connectivity index (χ4v) is 3.24. The van der Waals surface area contributed by atoms with E-state index < -0.39 is 0 Å². The van der Waals surface area contributed by atoms with Crippen LogP contribution in [0.5, 0.6) is 0 Å². The highest BCUT2D eigenvalue weighted by Crippen LogP contribution is 2.37. The molecule has 3 heteroatoms. The molecule has 3 rings (SSSR count). The number of anilines is 1. The monoisotopic (exact) mass is 283 g/mol. The minimum atomic E-state index is 0.357. The first-order valence-electron chi connectivity index (χ1n) is 7.82. The van der Waals surface area contributed by atoms with Crippen molar-refractivity contribution >= 4 is 16.6 Å². The van der Waals surface area contributed by atoms with E-state index in [1.54, 1.807) is 0 Å². The summed E-state index contributed by atoms with van der Waals surface area (Å²) in [7, 11) is 0. The van der Waals surface area contributed by atoms with E-state index in [-0.39, 0.29) is 0 Å². The maximum Gasteiger partial charge on any atom is 0.136 e. The number of benzene rings is 1. The molecule has 0 spiro atoms. The van der Waals surface area contributed by atoms with Crippen molar-refractivity contribution < 1.29 is 0 Å². The standard InChI is InChI=1S/C18H25N3/c1-18(2,3)14-8-9-21(12-14)17-16-7-5-4-6-13(16)10-15(11-19)20-17/h4-7,10,14H,8-9,11-12,19H2,1-3H3. The lowest BCUT2D eigenvalue weighted by molar-refractivity contribution is 0.263. The molecule has 0 bridgehead atoms. The van der Waals surface area contributed by atoms with Crippen LogP contribution in [0.1, 0.15) is 32.9 Å². The third-order valence-electron chi connectivity index (χ3n) is 4.69. The maximum absolute atomic E-state index is 5.82. The molecular formula is C18H25N3. The van der Waals surface area contributed by atoms with Crippen molar-refractivity contribution in [3.63, 3.8) is 0 Å². The van der Waals surface area contributed by atoms with Gasteiger partial charge in [-0.25, -0.2) is 4.98 Å². The van der Waals surface area contributed by atoms with Gasteiger partial charge in [-0.2, -0.15) is 0 Å². The summed E-state index contributed by atoms with van der Waals surface area (Å²) in [5.41, 5.74) is 7.16. The van der Waals surface area contributed by atoms with Gasteiger partial charge in [0.25, 0.3) is 0 Å². The third kappa shape index (κ3) is 2.75. The molecule has 1 aromatic carbocycles. The summed E-state index contributed by atoms with van der Waals surface area (Å²) in [4.78, 5) is 7.26. The van der Waals surface area contributed by atoms with Crippen LogP contribution in [0.3, 0.4) is 0 Å². The number of rotatable bonds is 2. The maximum atomic E-state index is 5.82. The number of pyridine rings is 1. The Morgan fingerprint density at radius 3 is 2.71 bits per heavy atom. The summed E-state index contributed by atoms with van der Waals surface area (Å²) in [6, 6.07) is 10.6. The molecule has 1 aliphatic heterocycles. The van der Waals surface area contributed by atoms with E-state index in [1.165, 1.54) is 17.2 Å². The lowest BCUT2D eigenvalue weighted by atomic mass is 9.80. The van der Waals surface area contributed by atoms with Crippen LogP contribution in [0, 0.1) is 11.3 Å². The van der Waals surface area contributed by atoms with Crippen LogP contribution in [0.25, 0.3) is 10.8 Å². The van der Waals surface area contributed by atoms with Gasteiger partial charge in [-0.15, -0.1) is 0 Å². The molecule has 1 aliphatic rings. The van der Waals surface area contributed by atoms with E-state index in [1.807, 2.05) is 0 Å². The van der Waals surface area contributed by atoms with E-state index in [2.05, 4.69) is 56.0 Å². The topological polar surface area (TPSA) is 42.2 Å². The van der Waals surface area contributed by atoms with Crippen LogP contribution in [0.2, 0.25) is 0 Å². The minimum absolute atomic E-state index is 0.357. The highest BCUT2D eigenvalue weighted by molar-refractivity contribution is 5.92. The van der Waals surface area contributed by atoms with E-state index in [4.69, 9.17) is 10.7 Å². The molecule has 1 atom stereocenters. The Labute approximate surface area is 127 Å². The second-order valence-electron chi connectivity index (χ2n) is 7.16. The van der Waals surface area contributed by atoms with Gasteiger partial charge in [-0.1, -0.05) is 45.0 Å². The van der Waals surface area contributed by atoms with Crippen LogP contribution in [0.15, 0.2) is 30.3 Å². The second-order valence-corrected chi connectivity index (χ2v) is 7.16. The molecule has 112 valence electrons. The first kappa shape index (κ1) is 14.3. The molecule has 1 unspecified atom stereocenters. The Kier molecular flexibility index (Phi) is 3.62. The molecule has 0 amide bonds. The van der Waals surface area contributed by atoms with Crippen LogP contribution < -0.4 is 10.6 Å². The first-order chi connectivity index (χ1) is 9.99. The number of aromatic nitrogens is 1. The Bertz CT molecular complexity index is 642. The van der Waals surface area contributed by atoms with E-state index >= 15 is 0 Å². The van der Waals surface area contributed by atoms with Crippen LogP contribution in [-0.4, -0.2) is 18.1 Å². The number of fused-ring (bicyclic) bond motifs is 1. The van der Waals surface area contributed by atoms with E-state index in [0.717, 1.165) is 30.5 Å². The molecular weight excluding hydrogens is 258 g/mol. The van der Waals surface area contributed by atoms with Crippen LogP contribution in [0.4, 0.5) is 5.82 Å². The van der Waals surface area contributed by atoms with Gasteiger partial charge in [-0.05, 0) is 29.2 Å². The Hall–Kier alpha value is -1.61. The van der Waals surface area contributed by atoms with Crippen molar-refractivity contribution in [2.75, 3.05) is 18.0 Å². The zero-order valence-electron chi connectivity index (χ0n) is 13.3. The zero-order valence-corrected chi connectivity index (χ0v) is 13.3. The van der Waals surface area contributed by atoms with E-state index in [9.17, 15) is 0 Å². The van der Waals surface area contributed by atoms with Gasteiger partial charge in [0.2, 0.25) is 0 Å². The lowest BCUT2D eigenvalue weighted by Crippen LogP contribution is -2.26. The van der Waals surface area contributed by atoms with Gasteiger partial charge in [0, 0.05) is 25.0 Å². The summed E-state index contributed by atoms with van der Waals surface area (Å²) in [5.74, 6) is 1.83. The number of hydrogen-bond donors (Lipinski definition) is 1. The van der Waals surface area contributed by atoms with Gasteiger partial charge in [-0.3, -0.25) is 0 Å². The molecule has 2 heterocycles. The Morgan fingerprint density at radius 1 is 1.29 bits per heavy atom. The molecule has 1 aromatic heterocycles. The van der Waals surface area contributed by atoms with Gasteiger partial charge in [0.15, 0.2) is 0 Å². The summed E-state index contributed by atoms with van der Waals surface area (Å²) in [5, 5.41) is 2.48. The average Bonchev–Trinajstić information content (AvgIpc) is 2.95. The summed E-state index contributed by atoms with van der Waals surface area (Å²) >= 11 is 0. The lowest BCUT2D eigenvalue weighted by Gasteiger charge is -2.27. The largest absolute Gasteiger partial charge is 0.356 e. The van der Waals surface area contributed by atoms with E-state index in [0.29, 0.717) is 12.0 Å². The van der Waals surface area contributed by atoms with Gasteiger partial charge in [0.05, 0.1) is 5.69 Å². The first-order valence-corrected chi connectivity index (χ1v) is 7.82. The SMILES string of the molecule is CC(C)(C)C1CCN(c2nc(CN)cc3ccccc23)C1. The normalized spacial score (nSPS) is 19.4. The molecule has 2 N–H and O–H groups in total. The average molecular weight is 283 g/mol. The third-order valence-corrected chi connectivity index (χ3v) is 4.69. The van der Waals surface area contributed by atoms with Crippen molar-refractivity contribution in [3.8, 4) is 0 Å². The quantitative estimate of drug-likeness (QED) is 0.916. The molecule has 0 radical (unpaired) electrons. The predicted octanol–water partition coefficient (Wildman–Crippen LogP) is 3.57. The van der Waals surface area contributed by atoms with Crippen molar-refractivity contribution in [3.05, 3.63) is 36.0 Å². The Balaban J connectivity index is 2.00. The van der Waals surface area contributed by atoms with Crippen molar-refractivity contribution in [2.24, 2.45) is 17.1 Å². The molecule has 2 aromatic rings. The zero-order chi connectivity index (χ0) is 15.0. The summed E-state index contributed by atoms with van der Waals surface area (Å²) in [6.07, 6.45) is 1.24. The summed E-state index contributed by atoms with van der Waals surface area (Å²) < 4.78 is 0. The smallest absolute Gasteiger partial charge is 0.136 e. The molecule has 0 saturated carbocycles. The highest BCUT2D eigenvalue weighted by atomic mass is 15.2. The fourth-order valence-electron chi connectivity index (χ4n) is 3.24. The Morgan fingerprint density at radius 2 is 2.05 bits per heavy atom. The van der Waals surface area contributed by atoms with Gasteiger partial charge >= 0.3 is 0 Å². The van der Waals surface area contributed by atoms with Crippen LogP contribution in [-0.2, 0) is 6.54 Å².